The average molecular weight is 393 g/mol. The van der Waals surface area contributed by atoms with E-state index < -0.39 is 5.60 Å². The van der Waals surface area contributed by atoms with E-state index in [-0.39, 0.29) is 12.1 Å². The maximum Gasteiger partial charge on any atom is 0.410 e. The summed E-state index contributed by atoms with van der Waals surface area (Å²) >= 11 is 0. The molecule has 1 saturated heterocycles. The monoisotopic (exact) mass is 392 g/mol. The van der Waals surface area contributed by atoms with Crippen LogP contribution in [0.4, 0.5) is 4.79 Å². The molecule has 1 aliphatic heterocycles. The maximum absolute atomic E-state index is 12.8. The molecule has 0 radical (unpaired) electrons. The zero-order chi connectivity index (χ0) is 20.7. The number of nitrogens with zero attached hydrogens (tertiary/aromatic N) is 2. The van der Waals surface area contributed by atoms with Crippen molar-refractivity contribution < 1.29 is 9.53 Å². The number of ether oxygens (including phenoxy) is 1. The van der Waals surface area contributed by atoms with E-state index in [4.69, 9.17) is 4.74 Å². The van der Waals surface area contributed by atoms with Crippen molar-refractivity contribution in [3.63, 3.8) is 0 Å². The molecule has 0 unspecified atom stereocenters. The summed E-state index contributed by atoms with van der Waals surface area (Å²) in [6, 6.07) is 20.9. The Labute approximate surface area is 174 Å². The van der Waals surface area contributed by atoms with E-state index >= 15 is 0 Å². The van der Waals surface area contributed by atoms with Crippen LogP contribution in [0.3, 0.4) is 0 Å². The summed E-state index contributed by atoms with van der Waals surface area (Å²) in [6.07, 6.45) is 4.89. The molecule has 3 rings (SSSR count). The first-order valence-electron chi connectivity index (χ1n) is 10.4. The molecule has 0 N–H and O–H groups in total. The molecule has 1 heterocycles. The van der Waals surface area contributed by atoms with Crippen molar-refractivity contribution in [1.29, 1.82) is 0 Å². The van der Waals surface area contributed by atoms with E-state index in [1.807, 2.05) is 49.9 Å². The van der Waals surface area contributed by atoms with Crippen LogP contribution >= 0.6 is 0 Å². The summed E-state index contributed by atoms with van der Waals surface area (Å²) in [5.74, 6) is 0. The van der Waals surface area contributed by atoms with E-state index in [1.54, 1.807) is 0 Å². The normalized spacial score (nSPS) is 18.2. The molecule has 4 nitrogen and oxygen atoms in total. The van der Waals surface area contributed by atoms with E-state index in [0.717, 1.165) is 26.1 Å². The van der Waals surface area contributed by atoms with Crippen LogP contribution in [0.15, 0.2) is 66.7 Å². The summed E-state index contributed by atoms with van der Waals surface area (Å²) in [7, 11) is 0. The number of carbonyl (C=O) groups excluding carboxylic acids is 1. The minimum atomic E-state index is -0.483. The molecule has 1 atom stereocenters. The summed E-state index contributed by atoms with van der Waals surface area (Å²) in [5.41, 5.74) is 1.99. The molecule has 2 aromatic rings. The fourth-order valence-electron chi connectivity index (χ4n) is 3.59. The highest BCUT2D eigenvalue weighted by Gasteiger charge is 2.32. The van der Waals surface area contributed by atoms with Crippen LogP contribution in [0, 0.1) is 0 Å². The molecule has 0 bridgehead atoms. The summed E-state index contributed by atoms with van der Waals surface area (Å²) in [5, 5.41) is 0. The van der Waals surface area contributed by atoms with Crippen molar-refractivity contribution in [2.75, 3.05) is 19.6 Å². The molecule has 1 amide bonds. The molecule has 0 spiro atoms. The van der Waals surface area contributed by atoms with Crippen LogP contribution in [0.5, 0.6) is 0 Å². The second-order valence-electron chi connectivity index (χ2n) is 8.60. The van der Waals surface area contributed by atoms with Crippen molar-refractivity contribution in [3.8, 4) is 0 Å². The number of hydrogen-bond acceptors (Lipinski definition) is 3. The van der Waals surface area contributed by atoms with Gasteiger partial charge in [0.15, 0.2) is 0 Å². The highest BCUT2D eigenvalue weighted by molar-refractivity contribution is 5.69. The van der Waals surface area contributed by atoms with Gasteiger partial charge < -0.3 is 9.64 Å². The van der Waals surface area contributed by atoms with Gasteiger partial charge in [0, 0.05) is 26.2 Å². The molecule has 1 aliphatic rings. The van der Waals surface area contributed by atoms with Crippen LogP contribution in [0.1, 0.15) is 38.3 Å². The quantitative estimate of drug-likeness (QED) is 0.700. The first-order chi connectivity index (χ1) is 13.9. The van der Waals surface area contributed by atoms with Gasteiger partial charge >= 0.3 is 6.09 Å². The second kappa shape index (κ2) is 9.75. The topological polar surface area (TPSA) is 32.8 Å². The van der Waals surface area contributed by atoms with Crippen LogP contribution in [0.25, 0.3) is 6.08 Å². The fraction of sp³-hybridized carbons (Fsp3) is 0.400. The van der Waals surface area contributed by atoms with Crippen molar-refractivity contribution >= 4 is 12.2 Å². The van der Waals surface area contributed by atoms with Gasteiger partial charge in [0.25, 0.3) is 0 Å². The first kappa shape index (κ1) is 21.1. The van der Waals surface area contributed by atoms with Gasteiger partial charge in [-0.15, -0.1) is 0 Å². The van der Waals surface area contributed by atoms with Gasteiger partial charge in [-0.3, -0.25) is 4.90 Å². The van der Waals surface area contributed by atoms with Crippen LogP contribution < -0.4 is 0 Å². The molecular formula is C25H32N2O2. The molecule has 4 heteroatoms. The number of hydrogen-bond donors (Lipinski definition) is 0. The lowest BCUT2D eigenvalue weighted by Crippen LogP contribution is -2.55. The Balaban J connectivity index is 1.68. The molecule has 0 aliphatic carbocycles. The fourth-order valence-corrected chi connectivity index (χ4v) is 3.59. The van der Waals surface area contributed by atoms with Crippen molar-refractivity contribution in [2.45, 2.75) is 45.4 Å². The maximum atomic E-state index is 12.8. The Kier molecular flexibility index (Phi) is 7.10. The zero-order valence-electron chi connectivity index (χ0n) is 17.8. The van der Waals surface area contributed by atoms with Crippen molar-refractivity contribution in [3.05, 3.63) is 77.9 Å². The van der Waals surface area contributed by atoms with Crippen LogP contribution in [-0.4, -0.2) is 47.2 Å². The minimum absolute atomic E-state index is 0.0993. The molecule has 0 saturated carbocycles. The number of benzene rings is 2. The molecule has 154 valence electrons. The van der Waals surface area contributed by atoms with E-state index in [1.165, 1.54) is 11.1 Å². The van der Waals surface area contributed by atoms with Gasteiger partial charge in [-0.1, -0.05) is 72.8 Å². The Morgan fingerprint density at radius 2 is 1.69 bits per heavy atom. The Morgan fingerprint density at radius 1 is 1.03 bits per heavy atom. The number of piperazine rings is 1. The zero-order valence-corrected chi connectivity index (χ0v) is 17.8. The number of carbonyl (C=O) groups is 1. The predicted molar refractivity (Wildman–Crippen MR) is 119 cm³/mol. The van der Waals surface area contributed by atoms with Crippen LogP contribution in [-0.2, 0) is 11.3 Å². The Morgan fingerprint density at radius 3 is 2.34 bits per heavy atom. The lowest BCUT2D eigenvalue weighted by atomic mass is 10.1. The molecule has 2 aromatic carbocycles. The molecular weight excluding hydrogens is 360 g/mol. The standard InChI is InChI=1S/C25H32N2O2/c1-25(2,3)29-24(28)27-18-17-26(19-22-13-8-5-9-14-22)20-23(27)16-10-15-21-11-6-4-7-12-21/h4-15,23H,16-20H2,1-3H3/b15-10+/t23-/m1/s1. The predicted octanol–water partition coefficient (Wildman–Crippen LogP) is 5.21. The van der Waals surface area contributed by atoms with Gasteiger partial charge in [-0.05, 0) is 38.3 Å². The smallest absolute Gasteiger partial charge is 0.410 e. The summed E-state index contributed by atoms with van der Waals surface area (Å²) in [4.78, 5) is 17.1. The third-order valence-corrected chi connectivity index (χ3v) is 4.96. The van der Waals surface area contributed by atoms with E-state index in [9.17, 15) is 4.79 Å². The second-order valence-corrected chi connectivity index (χ2v) is 8.60. The third-order valence-electron chi connectivity index (χ3n) is 4.96. The van der Waals surface area contributed by atoms with Gasteiger partial charge in [0.05, 0.1) is 6.04 Å². The SMILES string of the molecule is CC(C)(C)OC(=O)N1CCN(Cc2ccccc2)C[C@H]1C/C=C/c1ccccc1. The Bertz CT molecular complexity index is 797. The van der Waals surface area contributed by atoms with Crippen molar-refractivity contribution in [2.24, 2.45) is 0 Å². The number of rotatable bonds is 5. The highest BCUT2D eigenvalue weighted by atomic mass is 16.6. The molecule has 1 fully saturated rings. The Hall–Kier alpha value is -2.59. The lowest BCUT2D eigenvalue weighted by molar-refractivity contribution is -0.00190. The summed E-state index contributed by atoms with van der Waals surface area (Å²) < 4.78 is 5.67. The van der Waals surface area contributed by atoms with Gasteiger partial charge in [-0.25, -0.2) is 4.79 Å². The van der Waals surface area contributed by atoms with Gasteiger partial charge in [0.2, 0.25) is 0 Å². The summed E-state index contributed by atoms with van der Waals surface area (Å²) in [6.45, 7) is 9.04. The van der Waals surface area contributed by atoms with Gasteiger partial charge in [-0.2, -0.15) is 0 Å². The number of amides is 1. The van der Waals surface area contributed by atoms with Gasteiger partial charge in [0.1, 0.15) is 5.60 Å². The lowest BCUT2D eigenvalue weighted by Gasteiger charge is -2.41. The first-order valence-corrected chi connectivity index (χ1v) is 10.4. The molecule has 0 aromatic heterocycles. The molecule has 29 heavy (non-hydrogen) atoms. The third kappa shape index (κ3) is 6.75. The van der Waals surface area contributed by atoms with E-state index in [2.05, 4.69) is 53.5 Å². The minimum Gasteiger partial charge on any atom is -0.444 e. The largest absolute Gasteiger partial charge is 0.444 e. The van der Waals surface area contributed by atoms with E-state index in [0.29, 0.717) is 6.54 Å². The highest BCUT2D eigenvalue weighted by Crippen LogP contribution is 2.20. The average Bonchev–Trinajstić information content (AvgIpc) is 2.68. The van der Waals surface area contributed by atoms with Crippen molar-refractivity contribution in [1.82, 2.24) is 9.80 Å². The van der Waals surface area contributed by atoms with Crippen LogP contribution in [0.2, 0.25) is 0 Å².